The van der Waals surface area contributed by atoms with Crippen LogP contribution in [0.5, 0.6) is 5.75 Å². The molecule has 0 saturated heterocycles. The zero-order valence-corrected chi connectivity index (χ0v) is 18.7. The van der Waals surface area contributed by atoms with Crippen LogP contribution in [0.25, 0.3) is 22.1 Å². The zero-order chi connectivity index (χ0) is 22.1. The van der Waals surface area contributed by atoms with Gasteiger partial charge in [-0.1, -0.05) is 28.1 Å². The Kier molecular flexibility index (Phi) is 5.69. The van der Waals surface area contributed by atoms with E-state index in [1.807, 2.05) is 31.2 Å². The Balaban J connectivity index is 1.68. The number of ether oxygens (including phenoxy) is 2. The van der Waals surface area contributed by atoms with Gasteiger partial charge in [0.1, 0.15) is 30.0 Å². The monoisotopic (exact) mass is 482 g/mol. The molecule has 4 rings (SSSR count). The Morgan fingerprint density at radius 3 is 2.52 bits per heavy atom. The van der Waals surface area contributed by atoms with Gasteiger partial charge < -0.3 is 18.3 Å². The molecule has 0 bridgehead atoms. The molecule has 0 aliphatic carbocycles. The van der Waals surface area contributed by atoms with Gasteiger partial charge in [-0.15, -0.1) is 0 Å². The highest BCUT2D eigenvalue weighted by molar-refractivity contribution is 9.10. The van der Waals surface area contributed by atoms with Crippen LogP contribution in [0.4, 0.5) is 0 Å². The summed E-state index contributed by atoms with van der Waals surface area (Å²) in [4.78, 5) is 24.9. The molecule has 0 fully saturated rings. The van der Waals surface area contributed by atoms with E-state index in [4.69, 9.17) is 13.6 Å². The summed E-state index contributed by atoms with van der Waals surface area (Å²) in [7, 11) is 1.27. The summed E-state index contributed by atoms with van der Waals surface area (Å²) in [5, 5.41) is 0.422. The number of carbonyl (C=O) groups excluding carboxylic acids is 1. The highest BCUT2D eigenvalue weighted by Crippen LogP contribution is 2.29. The summed E-state index contributed by atoms with van der Waals surface area (Å²) in [5.74, 6) is 0.488. The van der Waals surface area contributed by atoms with Crippen LogP contribution in [0.3, 0.4) is 0 Å². The molecular weight excluding hydrogens is 464 g/mol. The average Bonchev–Trinajstić information content (AvgIpc) is 3.15. The zero-order valence-electron chi connectivity index (χ0n) is 17.2. The van der Waals surface area contributed by atoms with E-state index in [0.29, 0.717) is 40.2 Å². The molecule has 2 aromatic carbocycles. The number of methoxy groups -OCH3 is 1. The van der Waals surface area contributed by atoms with Crippen molar-refractivity contribution in [3.63, 3.8) is 0 Å². The van der Waals surface area contributed by atoms with Gasteiger partial charge in [0.2, 0.25) is 11.2 Å². The first kappa shape index (κ1) is 20.9. The maximum Gasteiger partial charge on any atom is 0.373 e. The van der Waals surface area contributed by atoms with Gasteiger partial charge in [0, 0.05) is 16.1 Å². The summed E-state index contributed by atoms with van der Waals surface area (Å²) in [6, 6.07) is 12.8. The predicted molar refractivity (Wildman–Crippen MR) is 119 cm³/mol. The second-order valence-corrected chi connectivity index (χ2v) is 8.00. The van der Waals surface area contributed by atoms with Crippen molar-refractivity contribution in [2.24, 2.45) is 0 Å². The van der Waals surface area contributed by atoms with Crippen molar-refractivity contribution < 1.29 is 23.1 Å². The molecular formula is C24H19BrO6. The fourth-order valence-electron chi connectivity index (χ4n) is 3.30. The van der Waals surface area contributed by atoms with E-state index >= 15 is 0 Å². The van der Waals surface area contributed by atoms with Crippen LogP contribution in [0.15, 0.2) is 66.8 Å². The first-order chi connectivity index (χ1) is 14.9. The number of aryl methyl sites for hydroxylation is 2. The maximum absolute atomic E-state index is 13.1. The number of furan rings is 1. The lowest BCUT2D eigenvalue weighted by atomic mass is 10.0. The van der Waals surface area contributed by atoms with Crippen LogP contribution >= 0.6 is 15.9 Å². The lowest BCUT2D eigenvalue weighted by Gasteiger charge is -2.11. The molecule has 158 valence electrons. The highest BCUT2D eigenvalue weighted by Gasteiger charge is 2.20. The van der Waals surface area contributed by atoms with Gasteiger partial charge in [0.25, 0.3) is 0 Å². The topological polar surface area (TPSA) is 78.9 Å². The smallest absolute Gasteiger partial charge is 0.373 e. The lowest BCUT2D eigenvalue weighted by Crippen LogP contribution is -2.06. The average molecular weight is 483 g/mol. The standard InChI is InChI=1S/C24H19BrO6/c1-13-8-18-21(10-20(13)29-11-15-4-6-16(25)7-5-15)30-12-19(23(18)26)17-9-22(24(27)28-3)31-14(17)2/h4-10,12H,11H2,1-3H3. The van der Waals surface area contributed by atoms with Gasteiger partial charge in [-0.3, -0.25) is 4.79 Å². The third-order valence-electron chi connectivity index (χ3n) is 4.97. The van der Waals surface area contributed by atoms with Crippen molar-refractivity contribution in [1.29, 1.82) is 0 Å². The number of rotatable bonds is 5. The largest absolute Gasteiger partial charge is 0.488 e. The van der Waals surface area contributed by atoms with E-state index in [-0.39, 0.29) is 11.2 Å². The number of hydrogen-bond acceptors (Lipinski definition) is 6. The van der Waals surface area contributed by atoms with Crippen LogP contribution < -0.4 is 10.2 Å². The van der Waals surface area contributed by atoms with Crippen molar-refractivity contribution in [1.82, 2.24) is 0 Å². The minimum absolute atomic E-state index is 0.0300. The Labute approximate surface area is 186 Å². The number of esters is 1. The second kappa shape index (κ2) is 8.43. The van der Waals surface area contributed by atoms with E-state index in [1.165, 1.54) is 19.4 Å². The highest BCUT2D eigenvalue weighted by atomic mass is 79.9. The fraction of sp³-hybridized carbons (Fsp3) is 0.167. The quantitative estimate of drug-likeness (QED) is 0.334. The second-order valence-electron chi connectivity index (χ2n) is 7.08. The van der Waals surface area contributed by atoms with Crippen molar-refractivity contribution in [2.75, 3.05) is 7.11 Å². The van der Waals surface area contributed by atoms with Crippen molar-refractivity contribution >= 4 is 32.9 Å². The molecule has 0 N–H and O–H groups in total. The molecule has 4 aromatic rings. The Hall–Kier alpha value is -3.32. The first-order valence-corrected chi connectivity index (χ1v) is 10.3. The number of benzene rings is 2. The van der Waals surface area contributed by atoms with Crippen LogP contribution in [0.2, 0.25) is 0 Å². The Morgan fingerprint density at radius 2 is 1.81 bits per heavy atom. The van der Waals surface area contributed by atoms with Crippen LogP contribution in [-0.2, 0) is 11.3 Å². The Morgan fingerprint density at radius 1 is 1.06 bits per heavy atom. The molecule has 0 saturated carbocycles. The van der Waals surface area contributed by atoms with E-state index in [1.54, 1.807) is 19.1 Å². The molecule has 0 aliphatic rings. The first-order valence-electron chi connectivity index (χ1n) is 9.50. The van der Waals surface area contributed by atoms with Gasteiger partial charge in [-0.2, -0.15) is 0 Å². The summed E-state index contributed by atoms with van der Waals surface area (Å²) in [6.45, 7) is 3.95. The van der Waals surface area contributed by atoms with Crippen LogP contribution in [0.1, 0.15) is 27.4 Å². The third-order valence-corrected chi connectivity index (χ3v) is 5.50. The minimum atomic E-state index is -0.608. The molecule has 0 unspecified atom stereocenters. The number of carbonyl (C=O) groups is 1. The van der Waals surface area contributed by atoms with Crippen LogP contribution in [-0.4, -0.2) is 13.1 Å². The van der Waals surface area contributed by atoms with Crippen LogP contribution in [0, 0.1) is 13.8 Å². The number of fused-ring (bicyclic) bond motifs is 1. The van der Waals surface area contributed by atoms with Gasteiger partial charge in [0.15, 0.2) is 0 Å². The van der Waals surface area contributed by atoms with Gasteiger partial charge in [0.05, 0.1) is 18.1 Å². The van der Waals surface area contributed by atoms with E-state index < -0.39 is 5.97 Å². The summed E-state index contributed by atoms with van der Waals surface area (Å²) in [5.41, 5.74) is 2.84. The van der Waals surface area contributed by atoms with Gasteiger partial charge >= 0.3 is 5.97 Å². The van der Waals surface area contributed by atoms with Crippen molar-refractivity contribution in [2.45, 2.75) is 20.5 Å². The molecule has 31 heavy (non-hydrogen) atoms. The van der Waals surface area contributed by atoms with E-state index in [2.05, 4.69) is 20.7 Å². The van der Waals surface area contributed by atoms with E-state index in [9.17, 15) is 9.59 Å². The fourth-order valence-corrected chi connectivity index (χ4v) is 3.56. The van der Waals surface area contributed by atoms with Crippen molar-refractivity contribution in [3.8, 4) is 16.9 Å². The third kappa shape index (κ3) is 4.14. The van der Waals surface area contributed by atoms with Gasteiger partial charge in [-0.05, 0) is 49.2 Å². The summed E-state index contributed by atoms with van der Waals surface area (Å²) >= 11 is 3.41. The minimum Gasteiger partial charge on any atom is -0.488 e. The maximum atomic E-state index is 13.1. The molecule has 6 nitrogen and oxygen atoms in total. The molecule has 0 amide bonds. The van der Waals surface area contributed by atoms with Gasteiger partial charge in [-0.25, -0.2) is 4.79 Å². The molecule has 0 spiro atoms. The predicted octanol–water partition coefficient (Wildman–Crippen LogP) is 5.80. The molecule has 0 aliphatic heterocycles. The summed E-state index contributed by atoms with van der Waals surface area (Å²) < 4.78 is 22.8. The molecule has 0 atom stereocenters. The molecule has 7 heteroatoms. The SMILES string of the molecule is COC(=O)c1cc(-c2coc3cc(OCc4ccc(Br)cc4)c(C)cc3c2=O)c(C)o1. The normalized spacial score (nSPS) is 11.0. The summed E-state index contributed by atoms with van der Waals surface area (Å²) in [6.07, 6.45) is 1.37. The molecule has 2 aromatic heterocycles. The molecule has 0 radical (unpaired) electrons. The van der Waals surface area contributed by atoms with E-state index in [0.717, 1.165) is 15.6 Å². The molecule has 2 heterocycles. The number of hydrogen-bond donors (Lipinski definition) is 0. The Bertz CT molecular complexity index is 1330. The lowest BCUT2D eigenvalue weighted by molar-refractivity contribution is 0.0563. The van der Waals surface area contributed by atoms with Crippen molar-refractivity contribution in [3.05, 3.63) is 86.1 Å². The number of halogens is 1.